The van der Waals surface area contributed by atoms with Crippen molar-refractivity contribution in [3.63, 3.8) is 0 Å². The van der Waals surface area contributed by atoms with E-state index in [4.69, 9.17) is 0 Å². The number of nitrogens with zero attached hydrogens (tertiary/aromatic N) is 1. The van der Waals surface area contributed by atoms with E-state index in [2.05, 4.69) is 17.2 Å². The first kappa shape index (κ1) is 10.7. The molecule has 0 amide bonds. The van der Waals surface area contributed by atoms with Gasteiger partial charge in [0.05, 0.1) is 0 Å². The number of thiophene rings is 1. The molecule has 0 bridgehead atoms. The van der Waals surface area contributed by atoms with E-state index in [1.807, 2.05) is 24.3 Å². The summed E-state index contributed by atoms with van der Waals surface area (Å²) in [6.07, 6.45) is 4.55. The summed E-state index contributed by atoms with van der Waals surface area (Å²) in [7, 11) is -1.14. The van der Waals surface area contributed by atoms with Crippen LogP contribution in [0.1, 0.15) is 10.4 Å². The maximum atomic E-state index is 10.4. The lowest BCUT2D eigenvalue weighted by Crippen LogP contribution is -2.19. The van der Waals surface area contributed by atoms with Crippen molar-refractivity contribution in [3.05, 3.63) is 45.7 Å². The number of fused-ring (bicyclic) bond motifs is 3. The van der Waals surface area contributed by atoms with Gasteiger partial charge >= 0.3 is 7.05 Å². The van der Waals surface area contributed by atoms with Crippen molar-refractivity contribution >= 4 is 34.5 Å². The van der Waals surface area contributed by atoms with Crippen LogP contribution in [-0.4, -0.2) is 12.1 Å². The fraction of sp³-hybridized carbons (Fsp3) is 0.167. The summed E-state index contributed by atoms with van der Waals surface area (Å²) < 4.78 is 1.25. The Hall–Kier alpha value is -1.46. The second-order valence-corrected chi connectivity index (χ2v) is 5.27. The van der Waals surface area contributed by atoms with Crippen LogP contribution >= 0.6 is 11.3 Å². The van der Waals surface area contributed by atoms with Crippen molar-refractivity contribution in [2.75, 3.05) is 0 Å². The average molecular weight is 243 g/mol. The van der Waals surface area contributed by atoms with Crippen molar-refractivity contribution in [2.24, 2.45) is 5.09 Å². The lowest BCUT2D eigenvalue weighted by Gasteiger charge is -2.15. The molecule has 0 radical (unpaired) electrons. The Bertz CT molecular complexity index is 608. The maximum absolute atomic E-state index is 10.4. The van der Waals surface area contributed by atoms with Crippen LogP contribution in [0.15, 0.2) is 35.4 Å². The number of allylic oxidation sites excluding steroid dienone is 1. The molecule has 1 heterocycles. The standard InChI is InChI=1S/C12H10BNO2S/c15-13(14-16)8-5-6-12-10(7-8)9-3-1-2-4-11(9)17-12/h1-6,8,15H,7H2. The second-order valence-electron chi connectivity index (χ2n) is 4.19. The molecule has 1 aliphatic carbocycles. The fourth-order valence-electron chi connectivity index (χ4n) is 2.26. The number of hydrogen-bond donors (Lipinski definition) is 1. The van der Waals surface area contributed by atoms with Gasteiger partial charge < -0.3 is 5.02 Å². The summed E-state index contributed by atoms with van der Waals surface area (Å²) in [5.41, 5.74) is 1.22. The molecule has 1 N–H and O–H groups in total. The van der Waals surface area contributed by atoms with Crippen molar-refractivity contribution in [2.45, 2.75) is 12.2 Å². The molecule has 0 saturated heterocycles. The van der Waals surface area contributed by atoms with Crippen molar-refractivity contribution in [3.8, 4) is 0 Å². The third kappa shape index (κ3) is 1.71. The second kappa shape index (κ2) is 4.09. The summed E-state index contributed by atoms with van der Waals surface area (Å²) in [5.74, 6) is -0.196. The summed E-state index contributed by atoms with van der Waals surface area (Å²) in [4.78, 5) is 11.6. The molecule has 3 nitrogen and oxygen atoms in total. The Balaban J connectivity index is 2.08. The first-order chi connectivity index (χ1) is 8.29. The summed E-state index contributed by atoms with van der Waals surface area (Å²) in [5, 5.41) is 13.4. The number of rotatable bonds is 2. The minimum Gasteiger partial charge on any atom is -0.429 e. The van der Waals surface area contributed by atoms with Gasteiger partial charge in [-0.25, -0.2) is 0 Å². The maximum Gasteiger partial charge on any atom is 0.490 e. The minimum atomic E-state index is -1.14. The molecule has 0 fully saturated rings. The Morgan fingerprint density at radius 3 is 3.06 bits per heavy atom. The van der Waals surface area contributed by atoms with Gasteiger partial charge in [0.25, 0.3) is 0 Å². The third-order valence-corrected chi connectivity index (χ3v) is 4.33. The van der Waals surface area contributed by atoms with Crippen LogP contribution in [0.2, 0.25) is 5.82 Å². The van der Waals surface area contributed by atoms with Gasteiger partial charge in [-0.05, 0) is 29.5 Å². The Morgan fingerprint density at radius 1 is 1.41 bits per heavy atom. The fourth-order valence-corrected chi connectivity index (χ4v) is 3.41. The molecule has 0 saturated carbocycles. The van der Waals surface area contributed by atoms with E-state index < -0.39 is 7.05 Å². The van der Waals surface area contributed by atoms with Crippen LogP contribution in [0.4, 0.5) is 0 Å². The summed E-state index contributed by atoms with van der Waals surface area (Å²) in [6, 6.07) is 8.21. The monoisotopic (exact) mass is 243 g/mol. The zero-order chi connectivity index (χ0) is 11.8. The SMILES string of the molecule is O=NB(O)C1C=Cc2sc3ccccc3c2C1. The van der Waals surface area contributed by atoms with Crippen LogP contribution in [0.25, 0.3) is 16.2 Å². The van der Waals surface area contributed by atoms with E-state index in [9.17, 15) is 9.93 Å². The summed E-state index contributed by atoms with van der Waals surface area (Å²) >= 11 is 1.74. The van der Waals surface area contributed by atoms with E-state index in [-0.39, 0.29) is 5.82 Å². The predicted octanol–water partition coefficient (Wildman–Crippen LogP) is 3.09. The third-order valence-electron chi connectivity index (χ3n) is 3.16. The topological polar surface area (TPSA) is 49.7 Å². The average Bonchev–Trinajstić information content (AvgIpc) is 2.75. The molecule has 0 spiro atoms. The molecule has 17 heavy (non-hydrogen) atoms. The highest BCUT2D eigenvalue weighted by Gasteiger charge is 2.29. The Morgan fingerprint density at radius 2 is 2.24 bits per heavy atom. The lowest BCUT2D eigenvalue weighted by atomic mass is 9.64. The van der Waals surface area contributed by atoms with Gasteiger partial charge in [0, 0.05) is 15.4 Å². The molecule has 5 heteroatoms. The van der Waals surface area contributed by atoms with Gasteiger partial charge in [0.2, 0.25) is 0 Å². The Kier molecular flexibility index (Phi) is 2.57. The van der Waals surface area contributed by atoms with E-state index in [1.165, 1.54) is 20.5 Å². The van der Waals surface area contributed by atoms with Gasteiger partial charge in [-0.1, -0.05) is 29.4 Å². The molecular formula is C12H10BNO2S. The smallest absolute Gasteiger partial charge is 0.429 e. The molecule has 3 rings (SSSR count). The summed E-state index contributed by atoms with van der Waals surface area (Å²) in [6.45, 7) is 0. The van der Waals surface area contributed by atoms with Crippen LogP contribution < -0.4 is 0 Å². The van der Waals surface area contributed by atoms with Crippen LogP contribution in [0.3, 0.4) is 0 Å². The van der Waals surface area contributed by atoms with Crippen molar-refractivity contribution in [1.29, 1.82) is 0 Å². The number of hydrogen-bond acceptors (Lipinski definition) is 4. The van der Waals surface area contributed by atoms with Crippen molar-refractivity contribution in [1.82, 2.24) is 0 Å². The highest BCUT2D eigenvalue weighted by atomic mass is 32.1. The van der Waals surface area contributed by atoms with E-state index in [0.717, 1.165) is 0 Å². The zero-order valence-electron chi connectivity index (χ0n) is 9.04. The zero-order valence-corrected chi connectivity index (χ0v) is 9.85. The molecule has 2 aromatic rings. The molecule has 84 valence electrons. The van der Waals surface area contributed by atoms with Crippen molar-refractivity contribution < 1.29 is 5.02 Å². The molecular weight excluding hydrogens is 233 g/mol. The number of benzene rings is 1. The normalized spacial score (nSPS) is 18.1. The van der Waals surface area contributed by atoms with Gasteiger partial charge in [-0.2, -0.15) is 4.91 Å². The lowest BCUT2D eigenvalue weighted by molar-refractivity contribution is 0.555. The quantitative estimate of drug-likeness (QED) is 0.650. The molecule has 1 atom stereocenters. The van der Waals surface area contributed by atoms with Gasteiger partial charge in [0.15, 0.2) is 0 Å². The highest BCUT2D eigenvalue weighted by Crippen LogP contribution is 2.38. The van der Waals surface area contributed by atoms with Crippen LogP contribution in [0.5, 0.6) is 0 Å². The largest absolute Gasteiger partial charge is 0.490 e. The number of nitroso groups, excluding NO2 is 1. The van der Waals surface area contributed by atoms with Crippen LogP contribution in [-0.2, 0) is 6.42 Å². The van der Waals surface area contributed by atoms with E-state index in [1.54, 1.807) is 11.3 Å². The Labute approximate surface area is 103 Å². The van der Waals surface area contributed by atoms with Gasteiger partial charge in [-0.3, -0.25) is 0 Å². The molecule has 1 aromatic carbocycles. The minimum absolute atomic E-state index is 0.196. The molecule has 0 aliphatic heterocycles. The molecule has 1 unspecified atom stereocenters. The molecule has 1 aromatic heterocycles. The van der Waals surface area contributed by atoms with Gasteiger partial charge in [0.1, 0.15) is 0 Å². The van der Waals surface area contributed by atoms with E-state index >= 15 is 0 Å². The first-order valence-corrected chi connectivity index (χ1v) is 6.30. The predicted molar refractivity (Wildman–Crippen MR) is 72.1 cm³/mol. The molecule has 1 aliphatic rings. The highest BCUT2D eigenvalue weighted by molar-refractivity contribution is 7.20. The van der Waals surface area contributed by atoms with Gasteiger partial charge in [-0.15, -0.1) is 11.3 Å². The first-order valence-electron chi connectivity index (χ1n) is 5.49. The van der Waals surface area contributed by atoms with Crippen LogP contribution in [0, 0.1) is 4.91 Å². The van der Waals surface area contributed by atoms with E-state index in [0.29, 0.717) is 6.42 Å².